The molecule has 0 saturated carbocycles. The van der Waals surface area contributed by atoms with Crippen LogP contribution >= 0.6 is 11.8 Å². The van der Waals surface area contributed by atoms with E-state index in [1.807, 2.05) is 44.2 Å². The SMILES string of the molecule is CCCC(Sc1nc(C)cc(=O)n1C)C(=O)NC(C)c1ccccc1. The Hall–Kier alpha value is -2.08. The van der Waals surface area contributed by atoms with Crippen molar-refractivity contribution in [1.29, 1.82) is 0 Å². The van der Waals surface area contributed by atoms with Crippen molar-refractivity contribution in [2.75, 3.05) is 0 Å². The van der Waals surface area contributed by atoms with Crippen LogP contribution < -0.4 is 10.9 Å². The lowest BCUT2D eigenvalue weighted by atomic mass is 10.1. The molecule has 0 aliphatic heterocycles. The van der Waals surface area contributed by atoms with Gasteiger partial charge < -0.3 is 5.32 Å². The fraction of sp³-hybridized carbons (Fsp3) is 0.421. The number of hydrogen-bond donors (Lipinski definition) is 1. The molecule has 0 spiro atoms. The van der Waals surface area contributed by atoms with Gasteiger partial charge in [-0.25, -0.2) is 4.98 Å². The van der Waals surface area contributed by atoms with Gasteiger partial charge in [-0.2, -0.15) is 0 Å². The molecular weight excluding hydrogens is 334 g/mol. The summed E-state index contributed by atoms with van der Waals surface area (Å²) >= 11 is 1.35. The molecule has 1 aromatic carbocycles. The highest BCUT2D eigenvalue weighted by Crippen LogP contribution is 2.25. The van der Waals surface area contributed by atoms with Gasteiger partial charge in [-0.3, -0.25) is 14.2 Å². The van der Waals surface area contributed by atoms with Gasteiger partial charge in [-0.1, -0.05) is 55.4 Å². The molecule has 6 heteroatoms. The molecular formula is C19H25N3O2S. The summed E-state index contributed by atoms with van der Waals surface area (Å²) in [6.07, 6.45) is 1.60. The van der Waals surface area contributed by atoms with Gasteiger partial charge in [-0.05, 0) is 25.8 Å². The molecule has 0 radical (unpaired) electrons. The Bertz CT molecular complexity index is 774. The number of amides is 1. The number of carbonyl (C=O) groups excluding carboxylic acids is 1. The van der Waals surface area contributed by atoms with Crippen molar-refractivity contribution in [3.63, 3.8) is 0 Å². The third-order valence-electron chi connectivity index (χ3n) is 3.97. The van der Waals surface area contributed by atoms with E-state index in [1.165, 1.54) is 22.4 Å². The van der Waals surface area contributed by atoms with Crippen LogP contribution in [-0.2, 0) is 11.8 Å². The number of nitrogens with zero attached hydrogens (tertiary/aromatic N) is 2. The standard InChI is InChI=1S/C19H25N3O2S/c1-5-9-16(25-19-20-13(2)12-17(23)22(19)4)18(24)21-14(3)15-10-7-6-8-11-15/h6-8,10-12,14,16H,5,9H2,1-4H3,(H,21,24). The molecule has 1 N–H and O–H groups in total. The smallest absolute Gasteiger partial charge is 0.254 e. The Morgan fingerprint density at radius 2 is 2.00 bits per heavy atom. The van der Waals surface area contributed by atoms with Gasteiger partial charge in [-0.15, -0.1) is 0 Å². The monoisotopic (exact) mass is 359 g/mol. The Balaban J connectivity index is 2.14. The summed E-state index contributed by atoms with van der Waals surface area (Å²) in [7, 11) is 1.69. The van der Waals surface area contributed by atoms with E-state index >= 15 is 0 Å². The quantitative estimate of drug-likeness (QED) is 0.609. The number of aryl methyl sites for hydroxylation is 1. The van der Waals surface area contributed by atoms with Gasteiger partial charge >= 0.3 is 0 Å². The predicted molar refractivity (Wildman–Crippen MR) is 102 cm³/mol. The molecule has 2 rings (SSSR count). The average molecular weight is 359 g/mol. The van der Waals surface area contributed by atoms with Crippen molar-refractivity contribution >= 4 is 17.7 Å². The molecule has 0 bridgehead atoms. The Labute approximate surface area is 152 Å². The maximum Gasteiger partial charge on any atom is 0.254 e. The first kappa shape index (κ1) is 19.2. The normalized spacial score (nSPS) is 13.3. The van der Waals surface area contributed by atoms with Crippen LogP contribution in [0.1, 0.15) is 44.0 Å². The lowest BCUT2D eigenvalue weighted by Crippen LogP contribution is -2.35. The van der Waals surface area contributed by atoms with Crippen LogP contribution in [0.4, 0.5) is 0 Å². The number of carbonyl (C=O) groups is 1. The first-order valence-electron chi connectivity index (χ1n) is 8.49. The van der Waals surface area contributed by atoms with Crippen molar-refractivity contribution < 1.29 is 4.79 Å². The van der Waals surface area contributed by atoms with Crippen molar-refractivity contribution in [2.45, 2.75) is 50.1 Å². The van der Waals surface area contributed by atoms with E-state index in [2.05, 4.69) is 10.3 Å². The summed E-state index contributed by atoms with van der Waals surface area (Å²) < 4.78 is 1.49. The molecule has 25 heavy (non-hydrogen) atoms. The Kier molecular flexibility index (Phi) is 6.82. The molecule has 2 aromatic rings. The Morgan fingerprint density at radius 1 is 1.32 bits per heavy atom. The van der Waals surface area contributed by atoms with E-state index < -0.39 is 0 Å². The minimum Gasteiger partial charge on any atom is -0.349 e. The summed E-state index contributed by atoms with van der Waals surface area (Å²) in [5.74, 6) is -0.0287. The number of hydrogen-bond acceptors (Lipinski definition) is 4. The number of rotatable bonds is 7. The molecule has 1 heterocycles. The number of aromatic nitrogens is 2. The van der Waals surface area contributed by atoms with E-state index in [1.54, 1.807) is 14.0 Å². The van der Waals surface area contributed by atoms with E-state index in [0.29, 0.717) is 10.9 Å². The van der Waals surface area contributed by atoms with E-state index in [9.17, 15) is 9.59 Å². The predicted octanol–water partition coefficient (Wildman–Crippen LogP) is 3.23. The number of thioether (sulfide) groups is 1. The summed E-state index contributed by atoms with van der Waals surface area (Å²) in [5, 5.41) is 3.37. The van der Waals surface area contributed by atoms with Crippen LogP contribution in [0.2, 0.25) is 0 Å². The Morgan fingerprint density at radius 3 is 2.64 bits per heavy atom. The van der Waals surface area contributed by atoms with Crippen molar-refractivity contribution in [3.05, 3.63) is 58.0 Å². The lowest BCUT2D eigenvalue weighted by molar-refractivity contribution is -0.121. The summed E-state index contributed by atoms with van der Waals surface area (Å²) in [4.78, 5) is 29.1. The molecule has 134 valence electrons. The molecule has 2 atom stereocenters. The minimum absolute atomic E-state index is 0.0287. The minimum atomic E-state index is -0.281. The lowest BCUT2D eigenvalue weighted by Gasteiger charge is -2.20. The van der Waals surface area contributed by atoms with Gasteiger partial charge in [0.05, 0.1) is 11.3 Å². The van der Waals surface area contributed by atoms with Crippen molar-refractivity contribution in [1.82, 2.24) is 14.9 Å². The van der Waals surface area contributed by atoms with E-state index in [4.69, 9.17) is 0 Å². The summed E-state index contributed by atoms with van der Waals surface area (Å²) in [6.45, 7) is 5.81. The van der Waals surface area contributed by atoms with Crippen molar-refractivity contribution in [3.8, 4) is 0 Å². The van der Waals surface area contributed by atoms with Gasteiger partial charge in [0.2, 0.25) is 5.91 Å². The zero-order valence-corrected chi connectivity index (χ0v) is 16.0. The van der Waals surface area contributed by atoms with Crippen LogP contribution in [0.3, 0.4) is 0 Å². The highest BCUT2D eigenvalue weighted by Gasteiger charge is 2.23. The fourth-order valence-electron chi connectivity index (χ4n) is 2.50. The second kappa shape index (κ2) is 8.85. The van der Waals surface area contributed by atoms with Crippen LogP contribution in [-0.4, -0.2) is 20.7 Å². The fourth-order valence-corrected chi connectivity index (χ4v) is 3.73. The van der Waals surface area contributed by atoms with Gasteiger partial charge in [0.15, 0.2) is 5.16 Å². The molecule has 5 nitrogen and oxygen atoms in total. The highest BCUT2D eigenvalue weighted by atomic mass is 32.2. The first-order valence-corrected chi connectivity index (χ1v) is 9.37. The van der Waals surface area contributed by atoms with E-state index in [-0.39, 0.29) is 22.8 Å². The largest absolute Gasteiger partial charge is 0.349 e. The number of nitrogens with one attached hydrogen (secondary N) is 1. The molecule has 0 saturated heterocycles. The van der Waals surface area contributed by atoms with E-state index in [0.717, 1.165) is 18.4 Å². The molecule has 0 fully saturated rings. The maximum absolute atomic E-state index is 12.8. The van der Waals surface area contributed by atoms with Crippen LogP contribution in [0.5, 0.6) is 0 Å². The first-order chi connectivity index (χ1) is 11.9. The zero-order chi connectivity index (χ0) is 18.4. The molecule has 2 unspecified atom stereocenters. The van der Waals surface area contributed by atoms with Crippen LogP contribution in [0, 0.1) is 6.92 Å². The molecule has 0 aliphatic rings. The second-order valence-electron chi connectivity index (χ2n) is 6.11. The topological polar surface area (TPSA) is 64.0 Å². The zero-order valence-electron chi connectivity index (χ0n) is 15.2. The number of benzene rings is 1. The van der Waals surface area contributed by atoms with Crippen LogP contribution in [0.25, 0.3) is 0 Å². The maximum atomic E-state index is 12.8. The molecule has 0 aliphatic carbocycles. The third kappa shape index (κ3) is 5.19. The summed E-state index contributed by atoms with van der Waals surface area (Å²) in [5.41, 5.74) is 1.62. The molecule has 1 aromatic heterocycles. The molecule has 1 amide bonds. The highest BCUT2D eigenvalue weighted by molar-refractivity contribution is 8.00. The van der Waals surface area contributed by atoms with Crippen molar-refractivity contribution in [2.24, 2.45) is 7.05 Å². The average Bonchev–Trinajstić information content (AvgIpc) is 2.59. The summed E-state index contributed by atoms with van der Waals surface area (Å²) in [6, 6.07) is 11.3. The third-order valence-corrected chi connectivity index (χ3v) is 5.28. The van der Waals surface area contributed by atoms with Gasteiger partial charge in [0.1, 0.15) is 0 Å². The van der Waals surface area contributed by atoms with Gasteiger partial charge in [0, 0.05) is 18.8 Å². The second-order valence-corrected chi connectivity index (χ2v) is 7.28. The van der Waals surface area contributed by atoms with Crippen LogP contribution in [0.15, 0.2) is 46.3 Å². The van der Waals surface area contributed by atoms with Gasteiger partial charge in [0.25, 0.3) is 5.56 Å².